The second-order valence-electron chi connectivity index (χ2n) is 5.81. The van der Waals surface area contributed by atoms with Gasteiger partial charge in [-0.3, -0.25) is 9.59 Å². The summed E-state index contributed by atoms with van der Waals surface area (Å²) in [5, 5.41) is 2.61. The maximum absolute atomic E-state index is 12.4. The number of carbonyl (C=O) groups is 2. The minimum Gasteiger partial charge on any atom is -0.406 e. The van der Waals surface area contributed by atoms with E-state index in [0.717, 1.165) is 0 Å². The van der Waals surface area contributed by atoms with Crippen LogP contribution in [-0.4, -0.2) is 36.2 Å². The Kier molecular flexibility index (Phi) is 6.62. The van der Waals surface area contributed by atoms with E-state index in [9.17, 15) is 22.8 Å². The largest absolute Gasteiger partial charge is 0.573 e. The number of carbonyl (C=O) groups excluding carboxylic acids is 2. The maximum atomic E-state index is 12.4. The topological polar surface area (TPSA) is 58.6 Å². The number of hydrogen-bond acceptors (Lipinski definition) is 3. The van der Waals surface area contributed by atoms with Crippen LogP contribution in [0, 0.1) is 5.92 Å². The highest BCUT2D eigenvalue weighted by molar-refractivity contribution is 5.86. The number of amides is 2. The van der Waals surface area contributed by atoms with Gasteiger partial charge in [-0.1, -0.05) is 26.0 Å². The van der Waals surface area contributed by atoms with E-state index < -0.39 is 12.4 Å². The summed E-state index contributed by atoms with van der Waals surface area (Å²) in [4.78, 5) is 25.0. The average molecular weight is 346 g/mol. The van der Waals surface area contributed by atoms with E-state index in [4.69, 9.17) is 0 Å². The maximum Gasteiger partial charge on any atom is 0.573 e. The van der Waals surface area contributed by atoms with E-state index in [0.29, 0.717) is 5.56 Å². The minimum absolute atomic E-state index is 0.0913. The highest BCUT2D eigenvalue weighted by Crippen LogP contribution is 2.23. The van der Waals surface area contributed by atoms with Crippen LogP contribution in [0.25, 0.3) is 0 Å². The second-order valence-corrected chi connectivity index (χ2v) is 5.81. The molecule has 134 valence electrons. The summed E-state index contributed by atoms with van der Waals surface area (Å²) >= 11 is 0. The SMILES string of the molecule is CC(=O)NC(C(=O)N(C)Cc1ccc(OC(F)(F)F)cc1)C(C)C. The number of hydrogen-bond donors (Lipinski definition) is 1. The van der Waals surface area contributed by atoms with Crippen molar-refractivity contribution < 1.29 is 27.5 Å². The van der Waals surface area contributed by atoms with Crippen molar-refractivity contribution in [2.24, 2.45) is 5.92 Å². The Bertz CT molecular complexity index is 571. The van der Waals surface area contributed by atoms with Crippen molar-refractivity contribution in [2.45, 2.75) is 39.7 Å². The fourth-order valence-electron chi connectivity index (χ4n) is 2.12. The van der Waals surface area contributed by atoms with Crippen LogP contribution in [0.4, 0.5) is 13.2 Å². The first-order valence-electron chi connectivity index (χ1n) is 7.36. The lowest BCUT2D eigenvalue weighted by Crippen LogP contribution is -2.49. The van der Waals surface area contributed by atoms with Gasteiger partial charge in [0.15, 0.2) is 0 Å². The summed E-state index contributed by atoms with van der Waals surface area (Å²) < 4.78 is 40.1. The lowest BCUT2D eigenvalue weighted by atomic mass is 10.0. The van der Waals surface area contributed by atoms with Crippen LogP contribution in [0.15, 0.2) is 24.3 Å². The fraction of sp³-hybridized carbons (Fsp3) is 0.500. The Hall–Kier alpha value is -2.25. The van der Waals surface area contributed by atoms with Crippen LogP contribution in [0.5, 0.6) is 5.75 Å². The van der Waals surface area contributed by atoms with Gasteiger partial charge in [0.05, 0.1) is 0 Å². The zero-order valence-electron chi connectivity index (χ0n) is 14.0. The Morgan fingerprint density at radius 3 is 2.17 bits per heavy atom. The fourth-order valence-corrected chi connectivity index (χ4v) is 2.12. The van der Waals surface area contributed by atoms with Gasteiger partial charge >= 0.3 is 6.36 Å². The highest BCUT2D eigenvalue weighted by Gasteiger charge is 2.31. The van der Waals surface area contributed by atoms with E-state index in [-0.39, 0.29) is 30.0 Å². The molecule has 1 aromatic rings. The smallest absolute Gasteiger partial charge is 0.406 e. The quantitative estimate of drug-likeness (QED) is 0.862. The highest BCUT2D eigenvalue weighted by atomic mass is 19.4. The lowest BCUT2D eigenvalue weighted by Gasteiger charge is -2.26. The first-order chi connectivity index (χ1) is 11.0. The van der Waals surface area contributed by atoms with Gasteiger partial charge in [0.25, 0.3) is 0 Å². The molecular formula is C16H21F3N2O3. The molecule has 0 aliphatic rings. The molecule has 0 heterocycles. The molecule has 1 rings (SSSR count). The van der Waals surface area contributed by atoms with Crippen molar-refractivity contribution >= 4 is 11.8 Å². The summed E-state index contributed by atoms with van der Waals surface area (Å²) in [6.45, 7) is 5.17. The molecule has 2 amide bonds. The van der Waals surface area contributed by atoms with Gasteiger partial charge in [-0.2, -0.15) is 0 Å². The number of rotatable bonds is 6. The summed E-state index contributed by atoms with van der Waals surface area (Å²) in [5.74, 6) is -0.982. The van der Waals surface area contributed by atoms with Crippen LogP contribution in [0.2, 0.25) is 0 Å². The Morgan fingerprint density at radius 2 is 1.75 bits per heavy atom. The van der Waals surface area contributed by atoms with Crippen molar-refractivity contribution in [2.75, 3.05) is 7.05 Å². The number of halogens is 3. The number of alkyl halides is 3. The summed E-state index contributed by atoms with van der Waals surface area (Å²) in [6, 6.07) is 4.63. The number of likely N-dealkylation sites (N-methyl/N-ethyl adjacent to an activating group) is 1. The van der Waals surface area contributed by atoms with E-state index >= 15 is 0 Å². The molecule has 24 heavy (non-hydrogen) atoms. The van der Waals surface area contributed by atoms with Crippen molar-refractivity contribution in [3.63, 3.8) is 0 Å². The zero-order valence-corrected chi connectivity index (χ0v) is 14.0. The minimum atomic E-state index is -4.74. The van der Waals surface area contributed by atoms with Crippen LogP contribution in [-0.2, 0) is 16.1 Å². The molecule has 1 unspecified atom stereocenters. The zero-order chi connectivity index (χ0) is 18.5. The summed E-state index contributed by atoms with van der Waals surface area (Å²) in [6.07, 6.45) is -4.74. The number of nitrogens with zero attached hydrogens (tertiary/aromatic N) is 1. The number of benzene rings is 1. The molecule has 0 saturated heterocycles. The van der Waals surface area contributed by atoms with E-state index in [1.54, 1.807) is 7.05 Å². The first kappa shape index (κ1) is 19.8. The third-order valence-electron chi connectivity index (χ3n) is 3.24. The van der Waals surface area contributed by atoms with Gasteiger partial charge in [0, 0.05) is 20.5 Å². The molecule has 8 heteroatoms. The molecule has 1 N–H and O–H groups in total. The average Bonchev–Trinajstić information content (AvgIpc) is 2.44. The normalized spacial score (nSPS) is 12.7. The van der Waals surface area contributed by atoms with Crippen LogP contribution < -0.4 is 10.1 Å². The molecule has 0 aromatic heterocycles. The molecule has 0 radical (unpaired) electrons. The third kappa shape index (κ3) is 6.47. The molecule has 0 bridgehead atoms. The van der Waals surface area contributed by atoms with E-state index in [2.05, 4.69) is 10.1 Å². The van der Waals surface area contributed by atoms with Crippen molar-refractivity contribution in [1.29, 1.82) is 0 Å². The van der Waals surface area contributed by atoms with E-state index in [1.807, 2.05) is 13.8 Å². The van der Waals surface area contributed by atoms with Crippen LogP contribution in [0.3, 0.4) is 0 Å². The Morgan fingerprint density at radius 1 is 1.21 bits per heavy atom. The van der Waals surface area contributed by atoms with Crippen molar-refractivity contribution in [3.05, 3.63) is 29.8 Å². The van der Waals surface area contributed by atoms with Crippen LogP contribution >= 0.6 is 0 Å². The molecule has 0 spiro atoms. The number of ether oxygens (including phenoxy) is 1. The Labute approximate surface area is 138 Å². The van der Waals surface area contributed by atoms with Gasteiger partial charge in [-0.25, -0.2) is 0 Å². The predicted octanol–water partition coefficient (Wildman–Crippen LogP) is 2.70. The van der Waals surface area contributed by atoms with E-state index in [1.165, 1.54) is 36.1 Å². The molecule has 0 saturated carbocycles. The molecule has 0 aliphatic carbocycles. The van der Waals surface area contributed by atoms with Crippen molar-refractivity contribution in [3.8, 4) is 5.75 Å². The van der Waals surface area contributed by atoms with Gasteiger partial charge in [-0.05, 0) is 23.6 Å². The van der Waals surface area contributed by atoms with Gasteiger partial charge in [0.1, 0.15) is 11.8 Å². The molecular weight excluding hydrogens is 325 g/mol. The monoisotopic (exact) mass is 346 g/mol. The Balaban J connectivity index is 2.73. The van der Waals surface area contributed by atoms with Crippen molar-refractivity contribution in [1.82, 2.24) is 10.2 Å². The molecule has 5 nitrogen and oxygen atoms in total. The summed E-state index contributed by atoms with van der Waals surface area (Å²) in [7, 11) is 1.57. The van der Waals surface area contributed by atoms with Gasteiger partial charge < -0.3 is 15.0 Å². The van der Waals surface area contributed by atoms with Gasteiger partial charge in [-0.15, -0.1) is 13.2 Å². The molecule has 1 aromatic carbocycles. The lowest BCUT2D eigenvalue weighted by molar-refractivity contribution is -0.274. The molecule has 0 fully saturated rings. The summed E-state index contributed by atoms with van der Waals surface area (Å²) in [5.41, 5.74) is 0.644. The van der Waals surface area contributed by atoms with Crippen LogP contribution in [0.1, 0.15) is 26.3 Å². The number of nitrogens with one attached hydrogen (secondary N) is 1. The predicted molar refractivity (Wildman–Crippen MR) is 82.0 cm³/mol. The third-order valence-corrected chi connectivity index (χ3v) is 3.24. The molecule has 1 atom stereocenters. The first-order valence-corrected chi connectivity index (χ1v) is 7.36. The second kappa shape index (κ2) is 8.03. The standard InChI is InChI=1S/C16H21F3N2O3/c1-10(2)14(20-11(3)22)15(23)21(4)9-12-5-7-13(8-6-12)24-16(17,18)19/h5-8,10,14H,9H2,1-4H3,(H,20,22). The molecule has 0 aliphatic heterocycles. The van der Waals surface area contributed by atoms with Gasteiger partial charge in [0.2, 0.25) is 11.8 Å².